The average Bonchev–Trinajstić information content (AvgIpc) is 3.33. The van der Waals surface area contributed by atoms with Crippen LogP contribution in [0.3, 0.4) is 0 Å². The van der Waals surface area contributed by atoms with Crippen LogP contribution in [-0.4, -0.2) is 23.0 Å². The van der Waals surface area contributed by atoms with Gasteiger partial charge in [-0.1, -0.05) is 0 Å². The lowest BCUT2D eigenvalue weighted by Crippen LogP contribution is -2.31. The molecule has 0 aromatic carbocycles. The highest BCUT2D eigenvalue weighted by atomic mass is 79.9. The lowest BCUT2D eigenvalue weighted by Gasteiger charge is -2.20. The number of hydrogen-bond acceptors (Lipinski definition) is 4. The molecule has 24 heavy (non-hydrogen) atoms. The molecule has 1 aromatic rings. The van der Waals surface area contributed by atoms with E-state index >= 15 is 0 Å². The molecule has 8 heteroatoms. The van der Waals surface area contributed by atoms with Crippen molar-refractivity contribution >= 4 is 21.7 Å². The molecule has 0 radical (unpaired) electrons. The Morgan fingerprint density at radius 2 is 2.17 bits per heavy atom. The van der Waals surface area contributed by atoms with E-state index < -0.39 is 17.7 Å². The summed E-state index contributed by atoms with van der Waals surface area (Å²) in [6, 6.07) is 3.36. The van der Waals surface area contributed by atoms with E-state index in [9.17, 15) is 23.2 Å². The lowest BCUT2D eigenvalue weighted by molar-refractivity contribution is -0.189. The molecule has 1 aliphatic carbocycles. The van der Waals surface area contributed by atoms with Gasteiger partial charge in [0.25, 0.3) is 0 Å². The molecule has 1 fully saturated rings. The second-order valence-corrected chi connectivity index (χ2v) is 7.06. The molecule has 2 atom stereocenters. The number of hydrogen-bond donors (Lipinski definition) is 0. The maximum atomic E-state index is 12.6. The molecule has 0 N–H and O–H groups in total. The summed E-state index contributed by atoms with van der Waals surface area (Å²) in [4.78, 5) is 16.3. The first kappa shape index (κ1) is 18.7. The van der Waals surface area contributed by atoms with Crippen LogP contribution in [-0.2, 0) is 0 Å². The number of ether oxygens (including phenoxy) is 1. The summed E-state index contributed by atoms with van der Waals surface area (Å²) in [7, 11) is 0. The fourth-order valence-electron chi connectivity index (χ4n) is 2.34. The highest BCUT2D eigenvalue weighted by Gasteiger charge is 2.43. The lowest BCUT2D eigenvalue weighted by atomic mass is 9.81. The summed E-state index contributed by atoms with van der Waals surface area (Å²) in [6.07, 6.45) is -3.51. The standard InChI is InChI=1S/C16H16BrF3N2O2/c1-9(16(18,19)20)24-14-5-12(22-7-11(14)17)13(23)6-15(2,8-21)10-3-4-10/h5,7,9-10H,3-4,6H2,1-2H3/t9-,15?/m0/s1. The summed E-state index contributed by atoms with van der Waals surface area (Å²) < 4.78 is 43.0. The van der Waals surface area contributed by atoms with Gasteiger partial charge in [0.1, 0.15) is 11.4 Å². The van der Waals surface area contributed by atoms with Crippen molar-refractivity contribution in [2.45, 2.75) is 45.4 Å². The molecule has 1 aliphatic rings. The van der Waals surface area contributed by atoms with E-state index in [1.807, 2.05) is 0 Å². The van der Waals surface area contributed by atoms with Gasteiger partial charge >= 0.3 is 6.18 Å². The number of rotatable bonds is 6. The SMILES string of the molecule is C[C@H](Oc1cc(C(=O)CC(C)(C#N)C2CC2)ncc1Br)C(F)(F)F. The Morgan fingerprint density at radius 3 is 2.67 bits per heavy atom. The Labute approximate surface area is 146 Å². The first-order chi connectivity index (χ1) is 11.1. The van der Waals surface area contributed by atoms with Gasteiger partial charge in [0.05, 0.1) is 16.0 Å². The van der Waals surface area contributed by atoms with E-state index in [-0.39, 0.29) is 34.0 Å². The van der Waals surface area contributed by atoms with Crippen molar-refractivity contribution in [2.24, 2.45) is 11.3 Å². The van der Waals surface area contributed by atoms with Gasteiger partial charge in [0, 0.05) is 18.7 Å². The number of alkyl halides is 3. The average molecular weight is 405 g/mol. The van der Waals surface area contributed by atoms with Crippen LogP contribution in [0, 0.1) is 22.7 Å². The molecule has 0 spiro atoms. The first-order valence-electron chi connectivity index (χ1n) is 7.40. The monoisotopic (exact) mass is 404 g/mol. The van der Waals surface area contributed by atoms with Crippen molar-refractivity contribution in [3.05, 3.63) is 22.4 Å². The molecule has 130 valence electrons. The third-order valence-corrected chi connectivity index (χ3v) is 4.73. The van der Waals surface area contributed by atoms with E-state index in [0.717, 1.165) is 19.8 Å². The van der Waals surface area contributed by atoms with Gasteiger partial charge in [-0.05, 0) is 48.5 Å². The van der Waals surface area contributed by atoms with Crippen molar-refractivity contribution in [2.75, 3.05) is 0 Å². The van der Waals surface area contributed by atoms with Gasteiger partial charge in [-0.25, -0.2) is 0 Å². The normalized spacial score (nSPS) is 18.4. The fourth-order valence-corrected chi connectivity index (χ4v) is 2.65. The molecule has 0 bridgehead atoms. The predicted molar refractivity (Wildman–Crippen MR) is 83.5 cm³/mol. The second-order valence-electron chi connectivity index (χ2n) is 6.21. The number of carbonyl (C=O) groups excluding carboxylic acids is 1. The van der Waals surface area contributed by atoms with Gasteiger partial charge in [0.15, 0.2) is 11.9 Å². The third-order valence-electron chi connectivity index (χ3n) is 4.13. The molecule has 0 amide bonds. The van der Waals surface area contributed by atoms with Crippen LogP contribution in [0.4, 0.5) is 13.2 Å². The number of carbonyl (C=O) groups is 1. The highest BCUT2D eigenvalue weighted by Crippen LogP contribution is 2.47. The van der Waals surface area contributed by atoms with Gasteiger partial charge in [0.2, 0.25) is 0 Å². The zero-order chi connectivity index (χ0) is 18.1. The molecular weight excluding hydrogens is 389 g/mol. The van der Waals surface area contributed by atoms with Gasteiger partial charge in [-0.15, -0.1) is 0 Å². The van der Waals surface area contributed by atoms with E-state index in [4.69, 9.17) is 4.74 Å². The quantitative estimate of drug-likeness (QED) is 0.645. The van der Waals surface area contributed by atoms with Crippen LogP contribution < -0.4 is 4.74 Å². The van der Waals surface area contributed by atoms with Crippen LogP contribution >= 0.6 is 15.9 Å². The number of nitriles is 1. The largest absolute Gasteiger partial charge is 0.480 e. The van der Waals surface area contributed by atoms with E-state index in [1.54, 1.807) is 6.92 Å². The van der Waals surface area contributed by atoms with E-state index in [0.29, 0.717) is 0 Å². The van der Waals surface area contributed by atoms with E-state index in [1.165, 1.54) is 12.3 Å². The Hall–Kier alpha value is -1.62. The van der Waals surface area contributed by atoms with E-state index in [2.05, 4.69) is 27.0 Å². The molecule has 0 saturated heterocycles. The summed E-state index contributed by atoms with van der Waals surface area (Å²) in [5, 5.41) is 9.32. The predicted octanol–water partition coefficient (Wildman–Crippen LogP) is 4.69. The van der Waals surface area contributed by atoms with Crippen LogP contribution in [0.1, 0.15) is 43.6 Å². The minimum absolute atomic E-state index is 0.00954. The Kier molecular flexibility index (Phi) is 5.23. The Bertz CT molecular complexity index is 683. The number of ketones is 1. The molecule has 1 unspecified atom stereocenters. The van der Waals surface area contributed by atoms with Crippen LogP contribution in [0.2, 0.25) is 0 Å². The molecule has 2 rings (SSSR count). The zero-order valence-electron chi connectivity index (χ0n) is 13.2. The summed E-state index contributed by atoms with van der Waals surface area (Å²) in [5.74, 6) is -0.311. The van der Waals surface area contributed by atoms with Crippen molar-refractivity contribution in [1.82, 2.24) is 4.98 Å². The summed E-state index contributed by atoms with van der Waals surface area (Å²) in [6.45, 7) is 2.61. The molecular formula is C16H16BrF3N2O2. The zero-order valence-corrected chi connectivity index (χ0v) is 14.7. The summed E-state index contributed by atoms with van der Waals surface area (Å²) in [5.41, 5.74) is -0.781. The smallest absolute Gasteiger partial charge is 0.425 e. The number of Topliss-reactive ketones (excluding diaryl/α,β-unsaturated/α-hetero) is 1. The third kappa shape index (κ3) is 4.26. The fraction of sp³-hybridized carbons (Fsp3) is 0.562. The van der Waals surface area contributed by atoms with Crippen LogP contribution in [0.5, 0.6) is 5.75 Å². The van der Waals surface area contributed by atoms with Gasteiger partial charge < -0.3 is 4.74 Å². The number of aromatic nitrogens is 1. The minimum atomic E-state index is -4.52. The maximum absolute atomic E-state index is 12.6. The first-order valence-corrected chi connectivity index (χ1v) is 8.19. The van der Waals surface area contributed by atoms with Gasteiger partial charge in [-0.2, -0.15) is 18.4 Å². The Balaban J connectivity index is 2.18. The number of nitrogens with zero attached hydrogens (tertiary/aromatic N) is 2. The van der Waals surface area contributed by atoms with Crippen LogP contribution in [0.25, 0.3) is 0 Å². The van der Waals surface area contributed by atoms with Crippen molar-refractivity contribution in [3.63, 3.8) is 0 Å². The summed E-state index contributed by atoms with van der Waals surface area (Å²) >= 11 is 3.06. The molecule has 1 aromatic heterocycles. The highest BCUT2D eigenvalue weighted by molar-refractivity contribution is 9.10. The maximum Gasteiger partial charge on any atom is 0.425 e. The molecule has 4 nitrogen and oxygen atoms in total. The molecule has 1 saturated carbocycles. The minimum Gasteiger partial charge on any atom is -0.480 e. The van der Waals surface area contributed by atoms with Gasteiger partial charge in [-0.3, -0.25) is 9.78 Å². The topological polar surface area (TPSA) is 63.0 Å². The second kappa shape index (κ2) is 6.71. The van der Waals surface area contributed by atoms with Crippen molar-refractivity contribution < 1.29 is 22.7 Å². The molecule has 1 heterocycles. The van der Waals surface area contributed by atoms with Crippen molar-refractivity contribution in [3.8, 4) is 11.8 Å². The van der Waals surface area contributed by atoms with Crippen LogP contribution in [0.15, 0.2) is 16.7 Å². The number of pyridine rings is 1. The molecule has 0 aliphatic heterocycles. The Morgan fingerprint density at radius 1 is 1.54 bits per heavy atom. The van der Waals surface area contributed by atoms with Crippen molar-refractivity contribution in [1.29, 1.82) is 5.26 Å². The number of halogens is 4.